The minimum atomic E-state index is -1.00. The second-order valence-electron chi connectivity index (χ2n) is 2.79. The van der Waals surface area contributed by atoms with E-state index in [2.05, 4.69) is 0 Å². The van der Waals surface area contributed by atoms with Crippen LogP contribution >= 0.6 is 23.2 Å². The normalized spacial score (nSPS) is 10.8. The molecule has 0 heterocycles. The topological polar surface area (TPSA) is 37.3 Å². The lowest BCUT2D eigenvalue weighted by atomic mass is 10.1. The van der Waals surface area contributed by atoms with Gasteiger partial charge in [0.25, 0.3) is 0 Å². The van der Waals surface area contributed by atoms with Crippen molar-refractivity contribution in [2.45, 2.75) is 6.92 Å². The maximum Gasteiger partial charge on any atom is 0.328 e. The van der Waals surface area contributed by atoms with Gasteiger partial charge in [-0.05, 0) is 36.3 Å². The average Bonchev–Trinajstić information content (AvgIpc) is 2.01. The number of aryl methyl sites for hydroxylation is 1. The van der Waals surface area contributed by atoms with Crippen LogP contribution in [0.4, 0.5) is 0 Å². The van der Waals surface area contributed by atoms with Crippen LogP contribution in [0.5, 0.6) is 0 Å². The predicted molar refractivity (Wildman–Crippen MR) is 57.9 cm³/mol. The molecule has 0 saturated carbocycles. The maximum absolute atomic E-state index is 10.3. The van der Waals surface area contributed by atoms with Gasteiger partial charge < -0.3 is 5.11 Å². The Morgan fingerprint density at radius 2 is 2.07 bits per heavy atom. The molecule has 0 saturated heterocycles. The first kappa shape index (κ1) is 11.1. The van der Waals surface area contributed by atoms with Gasteiger partial charge in [-0.1, -0.05) is 23.2 Å². The third-order valence-corrected chi connectivity index (χ3v) is 2.22. The first-order valence-corrected chi connectivity index (χ1v) is 4.63. The highest BCUT2D eigenvalue weighted by Gasteiger charge is 2.03. The van der Waals surface area contributed by atoms with E-state index in [9.17, 15) is 4.79 Å². The molecule has 0 aliphatic rings. The number of carboxylic acid groups (broad SMARTS) is 1. The number of rotatable bonds is 2. The van der Waals surface area contributed by atoms with E-state index in [4.69, 9.17) is 28.3 Å². The zero-order valence-electron chi connectivity index (χ0n) is 7.42. The van der Waals surface area contributed by atoms with Crippen LogP contribution in [-0.4, -0.2) is 11.1 Å². The van der Waals surface area contributed by atoms with Gasteiger partial charge in [-0.3, -0.25) is 0 Å². The minimum absolute atomic E-state index is 0.451. The fraction of sp³-hybridized carbons (Fsp3) is 0.100. The number of hydrogen-bond donors (Lipinski definition) is 1. The van der Waals surface area contributed by atoms with E-state index in [-0.39, 0.29) is 0 Å². The monoisotopic (exact) mass is 230 g/mol. The van der Waals surface area contributed by atoms with Crippen molar-refractivity contribution in [2.24, 2.45) is 0 Å². The quantitative estimate of drug-likeness (QED) is 0.792. The highest BCUT2D eigenvalue weighted by atomic mass is 35.5. The number of benzene rings is 1. The summed E-state index contributed by atoms with van der Waals surface area (Å²) >= 11 is 11.6. The summed E-state index contributed by atoms with van der Waals surface area (Å²) in [7, 11) is 0. The standard InChI is InChI=1S/C10H8Cl2O2/c1-6-4-7(11)5-9(12)8(6)2-3-10(13)14/h2-5H,1H3,(H,13,14). The van der Waals surface area contributed by atoms with Crippen molar-refractivity contribution in [1.29, 1.82) is 0 Å². The lowest BCUT2D eigenvalue weighted by Gasteiger charge is -2.03. The Hall–Kier alpha value is -0.990. The van der Waals surface area contributed by atoms with E-state index < -0.39 is 5.97 Å². The van der Waals surface area contributed by atoms with Crippen LogP contribution in [0.2, 0.25) is 10.0 Å². The molecule has 0 spiro atoms. The lowest BCUT2D eigenvalue weighted by molar-refractivity contribution is -0.131. The fourth-order valence-corrected chi connectivity index (χ4v) is 1.74. The van der Waals surface area contributed by atoms with Crippen LogP contribution in [0.15, 0.2) is 18.2 Å². The van der Waals surface area contributed by atoms with Gasteiger partial charge in [0.1, 0.15) is 0 Å². The lowest BCUT2D eigenvalue weighted by Crippen LogP contribution is -1.88. The van der Waals surface area contributed by atoms with Crippen LogP contribution in [-0.2, 0) is 4.79 Å². The molecule has 0 aromatic heterocycles. The van der Waals surface area contributed by atoms with Crippen LogP contribution in [0, 0.1) is 6.92 Å². The van der Waals surface area contributed by atoms with E-state index in [0.29, 0.717) is 15.6 Å². The molecule has 1 N–H and O–H groups in total. The van der Waals surface area contributed by atoms with E-state index >= 15 is 0 Å². The van der Waals surface area contributed by atoms with E-state index in [0.717, 1.165) is 11.6 Å². The Kier molecular flexibility index (Phi) is 3.55. The molecule has 1 aromatic carbocycles. The molecule has 0 fully saturated rings. The molecule has 0 aliphatic heterocycles. The largest absolute Gasteiger partial charge is 0.478 e. The summed E-state index contributed by atoms with van der Waals surface area (Å²) in [5.74, 6) is -1.00. The fourth-order valence-electron chi connectivity index (χ4n) is 1.08. The predicted octanol–water partition coefficient (Wildman–Crippen LogP) is 3.40. The Balaban J connectivity index is 3.15. The molecule has 74 valence electrons. The smallest absolute Gasteiger partial charge is 0.328 e. The number of halogens is 2. The van der Waals surface area contributed by atoms with Crippen LogP contribution in [0.3, 0.4) is 0 Å². The van der Waals surface area contributed by atoms with Gasteiger partial charge in [0, 0.05) is 16.1 Å². The van der Waals surface area contributed by atoms with Crippen molar-refractivity contribution in [2.75, 3.05) is 0 Å². The van der Waals surface area contributed by atoms with Crippen molar-refractivity contribution in [1.82, 2.24) is 0 Å². The first-order valence-electron chi connectivity index (χ1n) is 3.87. The van der Waals surface area contributed by atoms with Gasteiger partial charge >= 0.3 is 5.97 Å². The summed E-state index contributed by atoms with van der Waals surface area (Å²) in [6.45, 7) is 1.82. The van der Waals surface area contributed by atoms with Crippen molar-refractivity contribution in [3.8, 4) is 0 Å². The minimum Gasteiger partial charge on any atom is -0.478 e. The zero-order valence-corrected chi connectivity index (χ0v) is 8.93. The van der Waals surface area contributed by atoms with Crippen molar-refractivity contribution in [3.63, 3.8) is 0 Å². The summed E-state index contributed by atoms with van der Waals surface area (Å²) < 4.78 is 0. The van der Waals surface area contributed by atoms with Gasteiger partial charge in [0.15, 0.2) is 0 Å². The van der Waals surface area contributed by atoms with Gasteiger partial charge in [0.2, 0.25) is 0 Å². The molecule has 0 amide bonds. The summed E-state index contributed by atoms with van der Waals surface area (Å²) in [5, 5.41) is 9.45. The molecule has 1 aromatic rings. The Morgan fingerprint density at radius 3 is 2.57 bits per heavy atom. The van der Waals surface area contributed by atoms with Crippen LogP contribution in [0.1, 0.15) is 11.1 Å². The van der Waals surface area contributed by atoms with Gasteiger partial charge in [-0.15, -0.1) is 0 Å². The summed E-state index contributed by atoms with van der Waals surface area (Å²) in [5.41, 5.74) is 1.53. The molecule has 0 radical (unpaired) electrons. The molecular formula is C10H8Cl2O2. The highest BCUT2D eigenvalue weighted by molar-refractivity contribution is 6.35. The molecule has 0 unspecified atom stereocenters. The third kappa shape index (κ3) is 2.76. The molecule has 2 nitrogen and oxygen atoms in total. The van der Waals surface area contributed by atoms with Crippen molar-refractivity contribution in [3.05, 3.63) is 39.4 Å². The Morgan fingerprint density at radius 1 is 1.43 bits per heavy atom. The maximum atomic E-state index is 10.3. The van der Waals surface area contributed by atoms with Crippen LogP contribution < -0.4 is 0 Å². The van der Waals surface area contributed by atoms with E-state index in [1.807, 2.05) is 6.92 Å². The molecule has 0 bridgehead atoms. The van der Waals surface area contributed by atoms with Crippen LogP contribution in [0.25, 0.3) is 6.08 Å². The average molecular weight is 231 g/mol. The molecular weight excluding hydrogens is 223 g/mol. The zero-order chi connectivity index (χ0) is 10.7. The molecule has 0 atom stereocenters. The first-order chi connectivity index (χ1) is 6.50. The van der Waals surface area contributed by atoms with Crippen molar-refractivity contribution < 1.29 is 9.90 Å². The Bertz CT molecular complexity index is 374. The molecule has 14 heavy (non-hydrogen) atoms. The number of carbonyl (C=O) groups is 1. The van der Waals surface area contributed by atoms with E-state index in [1.54, 1.807) is 12.1 Å². The number of aliphatic carboxylic acids is 1. The molecule has 1 rings (SSSR count). The highest BCUT2D eigenvalue weighted by Crippen LogP contribution is 2.25. The second kappa shape index (κ2) is 4.49. The van der Waals surface area contributed by atoms with Gasteiger partial charge in [-0.2, -0.15) is 0 Å². The number of carboxylic acids is 1. The molecule has 0 aliphatic carbocycles. The summed E-state index contributed by atoms with van der Waals surface area (Å²) in [6, 6.07) is 3.31. The SMILES string of the molecule is Cc1cc(Cl)cc(Cl)c1C=CC(=O)O. The van der Waals surface area contributed by atoms with Gasteiger partial charge in [-0.25, -0.2) is 4.79 Å². The van der Waals surface area contributed by atoms with E-state index in [1.165, 1.54) is 6.08 Å². The third-order valence-electron chi connectivity index (χ3n) is 1.69. The summed E-state index contributed by atoms with van der Waals surface area (Å²) in [4.78, 5) is 10.3. The van der Waals surface area contributed by atoms with Gasteiger partial charge in [0.05, 0.1) is 0 Å². The molecule has 4 heteroatoms. The van der Waals surface area contributed by atoms with Crippen molar-refractivity contribution >= 4 is 35.2 Å². The second-order valence-corrected chi connectivity index (χ2v) is 3.63. The summed E-state index contributed by atoms with van der Waals surface area (Å²) in [6.07, 6.45) is 2.50. The number of hydrogen-bond acceptors (Lipinski definition) is 1. The Labute approximate surface area is 91.8 Å².